The fourth-order valence-corrected chi connectivity index (χ4v) is 5.51. The minimum atomic E-state index is -0.921. The third-order valence-electron chi connectivity index (χ3n) is 8.01. The number of carbonyl (C=O) groups is 1. The number of hydrogen-bond acceptors (Lipinski definition) is 3. The number of hydrogen-bond donors (Lipinski definition) is 0. The van der Waals surface area contributed by atoms with E-state index in [0.29, 0.717) is 0 Å². The molecule has 0 atom stereocenters. The van der Waals surface area contributed by atoms with E-state index in [1.54, 1.807) is 0 Å². The normalized spacial score (nSPS) is 11.2. The van der Waals surface area contributed by atoms with Gasteiger partial charge in [-0.05, 0) is 25.9 Å². The second-order valence-electron chi connectivity index (χ2n) is 11.8. The summed E-state index contributed by atoms with van der Waals surface area (Å²) < 4.78 is 0. The molecule has 0 aliphatic carbocycles. The van der Waals surface area contributed by atoms with Crippen molar-refractivity contribution >= 4 is 5.97 Å². The first-order chi connectivity index (χ1) is 18.2. The molecule has 0 amide bonds. The number of carbonyl (C=O) groups excluding carboxylic acids is 1. The summed E-state index contributed by atoms with van der Waals surface area (Å²) in [5.41, 5.74) is 0. The molecule has 0 radical (unpaired) electrons. The van der Waals surface area contributed by atoms with Gasteiger partial charge in [0.05, 0.1) is 5.97 Å². The Balaban J connectivity index is 0. The number of carboxylic acids is 1. The molecule has 0 heterocycles. The number of carboxylic acid groups (broad SMARTS) is 1. The van der Waals surface area contributed by atoms with Gasteiger partial charge in [0.1, 0.15) is 0 Å². The Hall–Kier alpha value is 0.0274. The van der Waals surface area contributed by atoms with Gasteiger partial charge in [0.15, 0.2) is 0 Å². The molecule has 0 fully saturated rings. The molecule has 3 nitrogen and oxygen atoms in total. The molecule has 0 aromatic rings. The van der Waals surface area contributed by atoms with Gasteiger partial charge in [0, 0.05) is 6.54 Å². The number of rotatable bonds is 32. The van der Waals surface area contributed by atoms with Crippen LogP contribution in [0.4, 0.5) is 0 Å². The molecule has 0 spiro atoms. The van der Waals surface area contributed by atoms with Gasteiger partial charge in [-0.1, -0.05) is 181 Å². The van der Waals surface area contributed by atoms with E-state index in [4.69, 9.17) is 0 Å². The van der Waals surface area contributed by atoms with Crippen LogP contribution in [0.2, 0.25) is 0 Å². The quantitative estimate of drug-likeness (QED) is 0.0696. The van der Waals surface area contributed by atoms with Crippen molar-refractivity contribution in [1.29, 1.82) is 0 Å². The number of nitrogens with zero attached hydrogens (tertiary/aromatic N) is 1. The Morgan fingerprint density at radius 1 is 0.421 bits per heavy atom. The maximum absolute atomic E-state index is 11.2. The zero-order chi connectivity index (χ0) is 27.1. The van der Waals surface area contributed by atoms with E-state index >= 15 is 0 Å². The van der Waals surface area contributed by atoms with Gasteiger partial charge in [-0.15, -0.1) is 0 Å². The van der Waals surface area contributed by atoms with Crippen molar-refractivity contribution in [2.24, 2.45) is 0 Å². The predicted molar refractivity (Wildman–Crippen MR) is 162 cm³/mol. The topological polar surface area (TPSA) is 43.4 Å². The van der Waals surface area contributed by atoms with Crippen LogP contribution in [0.1, 0.15) is 194 Å². The average Bonchev–Trinajstić information content (AvgIpc) is 2.88. The summed E-state index contributed by atoms with van der Waals surface area (Å²) in [6.45, 7) is 6.52. The van der Waals surface area contributed by atoms with Crippen LogP contribution in [0, 0.1) is 0 Å². The molecule has 0 aromatic heterocycles. The van der Waals surface area contributed by atoms with Crippen molar-refractivity contribution in [2.45, 2.75) is 194 Å². The van der Waals surface area contributed by atoms with Crippen LogP contribution in [0.25, 0.3) is 0 Å². The first kappa shape index (κ1) is 40.2. The van der Waals surface area contributed by atoms with Crippen molar-refractivity contribution in [1.82, 2.24) is 4.90 Å². The summed E-state index contributed by atoms with van der Waals surface area (Å²) in [6.07, 6.45) is 38.1. The molecule has 0 aliphatic rings. The molecule has 0 N–H and O–H groups in total. The van der Waals surface area contributed by atoms with Crippen LogP contribution in [-0.4, -0.2) is 30.5 Å². The fraction of sp³-hybridized carbons (Fsp3) is 0.971. The summed E-state index contributed by atoms with van der Waals surface area (Å²) in [7, 11) is 0. The van der Waals surface area contributed by atoms with Crippen LogP contribution in [0.5, 0.6) is 0 Å². The molecule has 38 heavy (non-hydrogen) atoms. The molecule has 0 saturated carbocycles. The van der Waals surface area contributed by atoms with Crippen LogP contribution in [-0.2, 0) is 4.79 Å². The first-order valence-electron chi connectivity index (χ1n) is 17.1. The Morgan fingerprint density at radius 3 is 0.842 bits per heavy atom. The van der Waals surface area contributed by atoms with E-state index in [2.05, 4.69) is 18.7 Å². The van der Waals surface area contributed by atoms with Crippen molar-refractivity contribution in [3.05, 3.63) is 0 Å². The second kappa shape index (κ2) is 35.1. The van der Waals surface area contributed by atoms with Crippen LogP contribution in [0.15, 0.2) is 0 Å². The van der Waals surface area contributed by atoms with Crippen molar-refractivity contribution < 1.29 is 28.8 Å². The molecule has 0 aromatic carbocycles. The monoisotopic (exact) mass is 530 g/mol. The average molecular weight is 530 g/mol. The fourth-order valence-electron chi connectivity index (χ4n) is 5.51. The minimum Gasteiger partial charge on any atom is -0.549 e. The second-order valence-corrected chi connectivity index (χ2v) is 11.8. The molecule has 0 saturated heterocycles. The summed E-state index contributed by atoms with van der Waals surface area (Å²) in [5, 5.41) is 11.2. The van der Waals surface area contributed by atoms with Crippen molar-refractivity contribution in [3.8, 4) is 0 Å². The van der Waals surface area contributed by atoms with Gasteiger partial charge in [-0.25, -0.2) is 0 Å². The standard InChI is InChI=1S/C34H69NO2.Li/c1-3-5-7-9-11-13-15-17-19-21-23-25-27-29-31-35(33-34(36)37)32-30-28-26-24-22-20-18-16-14-12-10-8-6-4-2;/h3-33H2,1-2H3,(H,36,37);/q;+1/p-1. The van der Waals surface area contributed by atoms with Gasteiger partial charge in [-0.3, -0.25) is 4.90 Å². The van der Waals surface area contributed by atoms with Crippen molar-refractivity contribution in [2.75, 3.05) is 19.6 Å². The van der Waals surface area contributed by atoms with Gasteiger partial charge >= 0.3 is 18.9 Å². The first-order valence-corrected chi connectivity index (χ1v) is 17.1. The molecule has 0 bridgehead atoms. The van der Waals surface area contributed by atoms with Gasteiger partial charge in [0.25, 0.3) is 0 Å². The van der Waals surface area contributed by atoms with E-state index in [1.807, 2.05) is 0 Å². The summed E-state index contributed by atoms with van der Waals surface area (Å²) in [4.78, 5) is 13.3. The van der Waals surface area contributed by atoms with E-state index in [9.17, 15) is 9.90 Å². The molecular formula is C34H68LiNO2. The van der Waals surface area contributed by atoms with E-state index in [1.165, 1.54) is 167 Å². The Bertz CT molecular complexity index is 414. The van der Waals surface area contributed by atoms with Gasteiger partial charge < -0.3 is 9.90 Å². The predicted octanol–water partition coefficient (Wildman–Crippen LogP) is 7.00. The SMILES string of the molecule is CCCCCCCCCCCCCCCCN(CCCCCCCCCCCCCCCC)CC(=O)[O-].[Li+]. The van der Waals surface area contributed by atoms with Crippen LogP contribution < -0.4 is 24.0 Å². The van der Waals surface area contributed by atoms with Crippen molar-refractivity contribution in [3.63, 3.8) is 0 Å². The zero-order valence-electron chi connectivity index (χ0n) is 26.7. The minimum absolute atomic E-state index is 0. The molecular weight excluding hydrogens is 461 g/mol. The molecule has 222 valence electrons. The Labute approximate surface area is 252 Å². The molecule has 4 heteroatoms. The maximum Gasteiger partial charge on any atom is 1.00 e. The third-order valence-corrected chi connectivity index (χ3v) is 8.01. The number of unbranched alkanes of at least 4 members (excludes halogenated alkanes) is 26. The molecule has 0 unspecified atom stereocenters. The third kappa shape index (κ3) is 34.1. The summed E-state index contributed by atoms with van der Waals surface area (Å²) in [6, 6.07) is 0. The van der Waals surface area contributed by atoms with E-state index in [0.717, 1.165) is 25.9 Å². The van der Waals surface area contributed by atoms with Crippen LogP contribution >= 0.6 is 0 Å². The summed E-state index contributed by atoms with van der Waals surface area (Å²) >= 11 is 0. The van der Waals surface area contributed by atoms with Gasteiger partial charge in [-0.2, -0.15) is 0 Å². The van der Waals surface area contributed by atoms with Gasteiger partial charge in [0.2, 0.25) is 0 Å². The Kier molecular flexibility index (Phi) is 37.1. The van der Waals surface area contributed by atoms with Crippen LogP contribution in [0.3, 0.4) is 0 Å². The van der Waals surface area contributed by atoms with E-state index < -0.39 is 5.97 Å². The summed E-state index contributed by atoms with van der Waals surface area (Å²) in [5.74, 6) is -0.921. The maximum atomic E-state index is 11.2. The Morgan fingerprint density at radius 2 is 0.632 bits per heavy atom. The smallest absolute Gasteiger partial charge is 0.549 e. The largest absolute Gasteiger partial charge is 1.00 e. The van der Waals surface area contributed by atoms with E-state index in [-0.39, 0.29) is 25.4 Å². The zero-order valence-corrected chi connectivity index (χ0v) is 26.7. The molecule has 0 aliphatic heterocycles. The number of aliphatic carboxylic acids is 1. The molecule has 0 rings (SSSR count).